The summed E-state index contributed by atoms with van der Waals surface area (Å²) < 4.78 is 0. The highest BCUT2D eigenvalue weighted by Gasteiger charge is 2.08. The summed E-state index contributed by atoms with van der Waals surface area (Å²) in [6, 6.07) is 16.5. The van der Waals surface area contributed by atoms with Crippen molar-refractivity contribution in [3.63, 3.8) is 0 Å². The lowest BCUT2D eigenvalue weighted by Gasteiger charge is -2.12. The van der Waals surface area contributed by atoms with Crippen LogP contribution in [0.1, 0.15) is 0 Å². The molecule has 0 spiro atoms. The SMILES string of the molecule is [B]c1cc2ccc3cc([B])cc4ccc(c1)c2c34. The van der Waals surface area contributed by atoms with E-state index in [0.717, 1.165) is 10.9 Å². The summed E-state index contributed by atoms with van der Waals surface area (Å²) in [4.78, 5) is 0. The molecule has 4 rings (SSSR count). The summed E-state index contributed by atoms with van der Waals surface area (Å²) in [5.74, 6) is 0. The third-order valence-electron chi connectivity index (χ3n) is 3.58. The Hall–Kier alpha value is -1.95. The molecule has 0 fully saturated rings. The topological polar surface area (TPSA) is 0 Å². The van der Waals surface area contributed by atoms with Gasteiger partial charge in [0, 0.05) is 0 Å². The Kier molecular flexibility index (Phi) is 1.83. The smallest absolute Gasteiger partial charge is 0.0955 e. The fourth-order valence-corrected chi connectivity index (χ4v) is 2.89. The van der Waals surface area contributed by atoms with Crippen LogP contribution in [0.3, 0.4) is 0 Å². The average Bonchev–Trinajstić information content (AvgIpc) is 2.34. The summed E-state index contributed by atoms with van der Waals surface area (Å²) in [6.45, 7) is 0. The summed E-state index contributed by atoms with van der Waals surface area (Å²) in [6.07, 6.45) is 0. The Labute approximate surface area is 108 Å². The van der Waals surface area contributed by atoms with E-state index >= 15 is 0 Å². The van der Waals surface area contributed by atoms with Crippen molar-refractivity contribution >= 4 is 58.9 Å². The van der Waals surface area contributed by atoms with E-state index in [1.54, 1.807) is 0 Å². The Morgan fingerprint density at radius 3 is 1.06 bits per heavy atom. The molecule has 0 aromatic heterocycles. The molecule has 0 amide bonds. The Balaban J connectivity index is 2.41. The number of benzene rings is 4. The van der Waals surface area contributed by atoms with Gasteiger partial charge in [0.25, 0.3) is 0 Å². The van der Waals surface area contributed by atoms with Gasteiger partial charge in [0.2, 0.25) is 0 Å². The third kappa shape index (κ3) is 1.23. The second-order valence-electron chi connectivity index (χ2n) is 4.82. The Morgan fingerprint density at radius 2 is 0.778 bits per heavy atom. The quantitative estimate of drug-likeness (QED) is 0.316. The van der Waals surface area contributed by atoms with Crippen molar-refractivity contribution in [3.8, 4) is 0 Å². The predicted molar refractivity (Wildman–Crippen MR) is 80.9 cm³/mol. The molecule has 0 nitrogen and oxygen atoms in total. The zero-order valence-electron chi connectivity index (χ0n) is 9.77. The average molecular weight is 222 g/mol. The Bertz CT molecular complexity index is 752. The molecule has 2 heteroatoms. The molecule has 18 heavy (non-hydrogen) atoms. The molecule has 4 aromatic carbocycles. The second-order valence-corrected chi connectivity index (χ2v) is 4.82. The highest BCUT2D eigenvalue weighted by atomic mass is 14.1. The summed E-state index contributed by atoms with van der Waals surface area (Å²) in [7, 11) is 11.9. The number of rotatable bonds is 0. The molecule has 4 aromatic rings. The molecular weight excluding hydrogens is 214 g/mol. The molecular formula is C16H8B2. The van der Waals surface area contributed by atoms with E-state index in [4.69, 9.17) is 15.7 Å². The first-order valence-corrected chi connectivity index (χ1v) is 5.96. The van der Waals surface area contributed by atoms with Gasteiger partial charge in [0.15, 0.2) is 0 Å². The van der Waals surface area contributed by atoms with Gasteiger partial charge in [-0.3, -0.25) is 0 Å². The third-order valence-corrected chi connectivity index (χ3v) is 3.58. The van der Waals surface area contributed by atoms with Crippen LogP contribution < -0.4 is 10.9 Å². The van der Waals surface area contributed by atoms with E-state index in [1.165, 1.54) is 32.3 Å². The van der Waals surface area contributed by atoms with Crippen LogP contribution in [0.4, 0.5) is 0 Å². The molecule has 0 aliphatic carbocycles. The normalized spacial score (nSPS) is 11.8. The van der Waals surface area contributed by atoms with Gasteiger partial charge in [0.1, 0.15) is 15.7 Å². The predicted octanol–water partition coefficient (Wildman–Crippen LogP) is 2.17. The zero-order chi connectivity index (χ0) is 12.3. The molecule has 0 aliphatic rings. The minimum absolute atomic E-state index is 0.806. The Morgan fingerprint density at radius 1 is 0.500 bits per heavy atom. The molecule has 0 saturated carbocycles. The van der Waals surface area contributed by atoms with E-state index in [9.17, 15) is 0 Å². The number of hydrogen-bond donors (Lipinski definition) is 0. The van der Waals surface area contributed by atoms with Gasteiger partial charge in [-0.1, -0.05) is 59.5 Å². The molecule has 0 aliphatic heterocycles. The van der Waals surface area contributed by atoms with Gasteiger partial charge < -0.3 is 0 Å². The van der Waals surface area contributed by atoms with Crippen LogP contribution in [0.15, 0.2) is 48.5 Å². The standard InChI is InChI=1S/C16H8B2/c17-13-5-9-1-2-10-6-14(18)8-12-4-3-11(7-13)15(9)16(10)12/h1-8H. The largest absolute Gasteiger partial charge is 0.113 e. The van der Waals surface area contributed by atoms with Gasteiger partial charge in [-0.2, -0.15) is 0 Å². The fraction of sp³-hybridized carbons (Fsp3) is 0. The molecule has 0 heterocycles. The van der Waals surface area contributed by atoms with E-state index in [1.807, 2.05) is 24.3 Å². The van der Waals surface area contributed by atoms with E-state index in [0.29, 0.717) is 0 Å². The zero-order valence-corrected chi connectivity index (χ0v) is 9.77. The minimum Gasteiger partial charge on any atom is -0.0955 e. The molecule has 0 unspecified atom stereocenters. The van der Waals surface area contributed by atoms with Crippen molar-refractivity contribution in [2.75, 3.05) is 0 Å². The first-order chi connectivity index (χ1) is 8.72. The van der Waals surface area contributed by atoms with Crippen LogP contribution in [0, 0.1) is 0 Å². The van der Waals surface area contributed by atoms with Crippen LogP contribution in [-0.4, -0.2) is 15.7 Å². The lowest BCUT2D eigenvalue weighted by Crippen LogP contribution is -2.03. The van der Waals surface area contributed by atoms with Crippen LogP contribution >= 0.6 is 0 Å². The van der Waals surface area contributed by atoms with Crippen LogP contribution in [0.5, 0.6) is 0 Å². The first kappa shape index (κ1) is 10.0. The van der Waals surface area contributed by atoms with Crippen molar-refractivity contribution < 1.29 is 0 Å². The first-order valence-electron chi connectivity index (χ1n) is 5.96. The van der Waals surface area contributed by atoms with Gasteiger partial charge in [0.05, 0.1) is 0 Å². The number of hydrogen-bond acceptors (Lipinski definition) is 0. The van der Waals surface area contributed by atoms with Crippen LogP contribution in [0.2, 0.25) is 0 Å². The molecule has 0 atom stereocenters. The van der Waals surface area contributed by atoms with Crippen molar-refractivity contribution in [3.05, 3.63) is 48.5 Å². The summed E-state index contributed by atoms with van der Waals surface area (Å²) >= 11 is 0. The van der Waals surface area contributed by atoms with Gasteiger partial charge in [-0.25, -0.2) is 0 Å². The lowest BCUT2D eigenvalue weighted by molar-refractivity contribution is 1.83. The van der Waals surface area contributed by atoms with Crippen molar-refractivity contribution in [2.45, 2.75) is 0 Å². The van der Waals surface area contributed by atoms with Gasteiger partial charge in [-0.05, 0) is 32.3 Å². The molecule has 0 N–H and O–H groups in total. The van der Waals surface area contributed by atoms with Gasteiger partial charge in [-0.15, -0.1) is 0 Å². The maximum Gasteiger partial charge on any atom is 0.113 e. The fourth-order valence-electron chi connectivity index (χ4n) is 2.89. The van der Waals surface area contributed by atoms with Crippen molar-refractivity contribution in [2.24, 2.45) is 0 Å². The van der Waals surface area contributed by atoms with Crippen molar-refractivity contribution in [1.82, 2.24) is 0 Å². The van der Waals surface area contributed by atoms with E-state index < -0.39 is 0 Å². The minimum atomic E-state index is 0.806. The molecule has 4 radical (unpaired) electrons. The molecule has 0 bridgehead atoms. The monoisotopic (exact) mass is 222 g/mol. The highest BCUT2D eigenvalue weighted by molar-refractivity contribution is 6.38. The van der Waals surface area contributed by atoms with E-state index in [2.05, 4.69) is 24.3 Å². The summed E-state index contributed by atoms with van der Waals surface area (Å²) in [5.41, 5.74) is 1.61. The van der Waals surface area contributed by atoms with Crippen LogP contribution in [-0.2, 0) is 0 Å². The second kappa shape index (κ2) is 3.29. The maximum absolute atomic E-state index is 5.94. The summed E-state index contributed by atoms with van der Waals surface area (Å²) in [5, 5.41) is 7.31. The van der Waals surface area contributed by atoms with Crippen molar-refractivity contribution in [1.29, 1.82) is 0 Å². The van der Waals surface area contributed by atoms with E-state index in [-0.39, 0.29) is 0 Å². The lowest BCUT2D eigenvalue weighted by atomic mass is 9.85. The molecule has 78 valence electrons. The van der Waals surface area contributed by atoms with Gasteiger partial charge >= 0.3 is 0 Å². The maximum atomic E-state index is 5.94. The molecule has 0 saturated heterocycles. The highest BCUT2D eigenvalue weighted by Crippen LogP contribution is 2.32. The van der Waals surface area contributed by atoms with Crippen LogP contribution in [0.25, 0.3) is 32.3 Å².